The molecule has 0 aromatic heterocycles. The lowest BCUT2D eigenvalue weighted by Crippen LogP contribution is -2.48. The van der Waals surface area contributed by atoms with Crippen LogP contribution in [0.1, 0.15) is 18.4 Å². The quantitative estimate of drug-likeness (QED) is 0.680. The molecular weight excluding hydrogens is 434 g/mol. The van der Waals surface area contributed by atoms with Crippen molar-refractivity contribution in [1.82, 2.24) is 9.21 Å². The molecular formula is C22H27N3O6S. The molecule has 0 spiro atoms. The molecule has 2 aromatic carbocycles. The molecule has 0 saturated carbocycles. The van der Waals surface area contributed by atoms with Gasteiger partial charge < -0.3 is 19.7 Å². The molecule has 0 aliphatic carbocycles. The predicted octanol–water partition coefficient (Wildman–Crippen LogP) is 2.86. The highest BCUT2D eigenvalue weighted by atomic mass is 32.2. The van der Waals surface area contributed by atoms with E-state index in [9.17, 15) is 18.0 Å². The molecule has 1 fully saturated rings. The van der Waals surface area contributed by atoms with Crippen LogP contribution < -0.4 is 14.8 Å². The van der Waals surface area contributed by atoms with Crippen molar-refractivity contribution < 1.29 is 27.5 Å². The second kappa shape index (κ2) is 9.90. The molecule has 3 rings (SSSR count). The molecule has 1 N–H and O–H groups in total. The number of amides is 3. The first-order valence-electron chi connectivity index (χ1n) is 10.2. The molecule has 2 aromatic rings. The van der Waals surface area contributed by atoms with Crippen molar-refractivity contribution in [3.05, 3.63) is 48.0 Å². The predicted molar refractivity (Wildman–Crippen MR) is 119 cm³/mol. The zero-order valence-corrected chi connectivity index (χ0v) is 19.1. The maximum Gasteiger partial charge on any atom is 0.334 e. The molecule has 172 valence electrons. The number of carbonyl (C=O) groups excluding carboxylic acids is 2. The minimum atomic E-state index is -4.24. The van der Waals surface area contributed by atoms with Crippen molar-refractivity contribution in [3.8, 4) is 11.5 Å². The second-order valence-corrected chi connectivity index (χ2v) is 9.28. The van der Waals surface area contributed by atoms with E-state index in [1.807, 2.05) is 6.92 Å². The zero-order valence-electron chi connectivity index (χ0n) is 18.3. The number of ether oxygens (including phenoxy) is 2. The number of nitrogens with one attached hydrogen (secondary N) is 1. The highest BCUT2D eigenvalue weighted by molar-refractivity contribution is 7.89. The number of urea groups is 1. The van der Waals surface area contributed by atoms with Gasteiger partial charge in [0.05, 0.1) is 24.8 Å². The monoisotopic (exact) mass is 461 g/mol. The third-order valence-corrected chi connectivity index (χ3v) is 6.90. The summed E-state index contributed by atoms with van der Waals surface area (Å²) in [6, 6.07) is 10.3. The molecule has 9 nitrogen and oxygen atoms in total. The van der Waals surface area contributed by atoms with Crippen LogP contribution in [0.2, 0.25) is 0 Å². The summed E-state index contributed by atoms with van der Waals surface area (Å²) >= 11 is 0. The molecule has 0 radical (unpaired) electrons. The molecule has 32 heavy (non-hydrogen) atoms. The number of methoxy groups -OCH3 is 2. The number of nitrogens with zero attached hydrogens (tertiary/aromatic N) is 2. The Morgan fingerprint density at radius 1 is 1.03 bits per heavy atom. The molecule has 1 saturated heterocycles. The zero-order chi connectivity index (χ0) is 23.3. The maximum absolute atomic E-state index is 13.3. The first-order chi connectivity index (χ1) is 15.3. The van der Waals surface area contributed by atoms with E-state index < -0.39 is 28.5 Å². The van der Waals surface area contributed by atoms with Crippen molar-refractivity contribution in [3.63, 3.8) is 0 Å². The fraction of sp³-hybridized carbons (Fsp3) is 0.364. The molecule has 1 aliphatic heterocycles. The Morgan fingerprint density at radius 3 is 2.28 bits per heavy atom. The number of anilines is 1. The van der Waals surface area contributed by atoms with E-state index in [4.69, 9.17) is 9.47 Å². The third-order valence-electron chi connectivity index (χ3n) is 5.17. The summed E-state index contributed by atoms with van der Waals surface area (Å²) in [7, 11) is -1.31. The van der Waals surface area contributed by atoms with E-state index >= 15 is 0 Å². The maximum atomic E-state index is 13.3. The van der Waals surface area contributed by atoms with Crippen LogP contribution in [0.5, 0.6) is 11.5 Å². The molecule has 10 heteroatoms. The number of benzene rings is 2. The van der Waals surface area contributed by atoms with Gasteiger partial charge in [-0.15, -0.1) is 0 Å². The van der Waals surface area contributed by atoms with Crippen LogP contribution in [0.15, 0.2) is 47.4 Å². The van der Waals surface area contributed by atoms with Gasteiger partial charge in [-0.3, -0.25) is 4.79 Å². The van der Waals surface area contributed by atoms with Crippen LogP contribution >= 0.6 is 0 Å². The standard InChI is InChI=1S/C22H27N3O6S/c1-16-6-9-18(10-7-16)32(28,29)25(22(27)24-12-4-5-13-24)15-21(26)23-19-14-17(30-2)8-11-20(19)31-3/h6-11,14H,4-5,12-13,15H2,1-3H3,(H,23,26). The van der Waals surface area contributed by atoms with Crippen molar-refractivity contribution in [2.75, 3.05) is 39.2 Å². The number of hydrogen-bond acceptors (Lipinski definition) is 6. The van der Waals surface area contributed by atoms with Crippen molar-refractivity contribution in [1.29, 1.82) is 0 Å². The fourth-order valence-electron chi connectivity index (χ4n) is 3.39. The van der Waals surface area contributed by atoms with Gasteiger partial charge in [0, 0.05) is 19.2 Å². The molecule has 1 heterocycles. The van der Waals surface area contributed by atoms with Gasteiger partial charge >= 0.3 is 6.03 Å². The molecule has 0 bridgehead atoms. The van der Waals surface area contributed by atoms with Crippen LogP contribution in [-0.2, 0) is 14.8 Å². The van der Waals surface area contributed by atoms with Gasteiger partial charge in [0.15, 0.2) is 0 Å². The summed E-state index contributed by atoms with van der Waals surface area (Å²) < 4.78 is 37.7. The number of likely N-dealkylation sites (tertiary alicyclic amines) is 1. The molecule has 0 unspecified atom stereocenters. The Kier molecular flexibility index (Phi) is 7.24. The van der Waals surface area contributed by atoms with E-state index in [-0.39, 0.29) is 4.90 Å². The Morgan fingerprint density at radius 2 is 1.69 bits per heavy atom. The number of carbonyl (C=O) groups is 2. The van der Waals surface area contributed by atoms with Gasteiger partial charge in [-0.25, -0.2) is 17.5 Å². The summed E-state index contributed by atoms with van der Waals surface area (Å²) in [5.41, 5.74) is 1.18. The van der Waals surface area contributed by atoms with Gasteiger partial charge in [-0.2, -0.15) is 0 Å². The van der Waals surface area contributed by atoms with Gasteiger partial charge in [-0.1, -0.05) is 17.7 Å². The van der Waals surface area contributed by atoms with Crippen molar-refractivity contribution >= 4 is 27.6 Å². The first kappa shape index (κ1) is 23.4. The molecule has 3 amide bonds. The Labute approximate surface area is 188 Å². The summed E-state index contributed by atoms with van der Waals surface area (Å²) in [6.07, 6.45) is 1.58. The average Bonchev–Trinajstić information content (AvgIpc) is 3.32. The van der Waals surface area contributed by atoms with Crippen LogP contribution in [0, 0.1) is 6.92 Å². The molecule has 1 aliphatic rings. The summed E-state index contributed by atoms with van der Waals surface area (Å²) in [4.78, 5) is 27.3. The topological polar surface area (TPSA) is 105 Å². The summed E-state index contributed by atoms with van der Waals surface area (Å²) in [5, 5.41) is 2.62. The molecule has 0 atom stereocenters. The van der Waals surface area contributed by atoms with Crippen molar-refractivity contribution in [2.24, 2.45) is 0 Å². The van der Waals surface area contributed by atoms with Gasteiger partial charge in [0.1, 0.15) is 18.0 Å². The summed E-state index contributed by atoms with van der Waals surface area (Å²) in [6.45, 7) is 2.05. The van der Waals surface area contributed by atoms with E-state index in [0.717, 1.165) is 18.4 Å². The number of hydrogen-bond donors (Lipinski definition) is 1. The van der Waals surface area contributed by atoms with Crippen LogP contribution in [0.25, 0.3) is 0 Å². The number of sulfonamides is 1. The second-order valence-electron chi connectivity index (χ2n) is 7.42. The lowest BCUT2D eigenvalue weighted by atomic mass is 10.2. The lowest BCUT2D eigenvalue weighted by molar-refractivity contribution is -0.116. The average molecular weight is 462 g/mol. The Balaban J connectivity index is 1.89. The third kappa shape index (κ3) is 5.13. The van der Waals surface area contributed by atoms with E-state index in [2.05, 4.69) is 5.32 Å². The highest BCUT2D eigenvalue weighted by Gasteiger charge is 2.35. The van der Waals surface area contributed by atoms with Gasteiger partial charge in [0.25, 0.3) is 10.0 Å². The number of rotatable bonds is 7. The smallest absolute Gasteiger partial charge is 0.334 e. The fourth-order valence-corrected chi connectivity index (χ4v) is 4.73. The summed E-state index contributed by atoms with van der Waals surface area (Å²) in [5.74, 6) is 0.177. The van der Waals surface area contributed by atoms with E-state index in [1.165, 1.54) is 31.3 Å². The lowest BCUT2D eigenvalue weighted by Gasteiger charge is -2.27. The number of aryl methyl sites for hydroxylation is 1. The van der Waals surface area contributed by atoms with E-state index in [0.29, 0.717) is 34.6 Å². The highest BCUT2D eigenvalue weighted by Crippen LogP contribution is 2.29. The van der Waals surface area contributed by atoms with Gasteiger partial charge in [-0.05, 0) is 44.0 Å². The van der Waals surface area contributed by atoms with Crippen LogP contribution in [0.4, 0.5) is 10.5 Å². The van der Waals surface area contributed by atoms with Crippen LogP contribution in [-0.4, -0.2) is 63.4 Å². The van der Waals surface area contributed by atoms with Crippen LogP contribution in [0.3, 0.4) is 0 Å². The largest absolute Gasteiger partial charge is 0.497 e. The first-order valence-corrected chi connectivity index (χ1v) is 11.6. The van der Waals surface area contributed by atoms with E-state index in [1.54, 1.807) is 30.3 Å². The SMILES string of the molecule is COc1ccc(OC)c(NC(=O)CN(C(=O)N2CCCC2)S(=O)(=O)c2ccc(C)cc2)c1. The normalized spacial score (nSPS) is 13.5. The van der Waals surface area contributed by atoms with Gasteiger partial charge in [0.2, 0.25) is 5.91 Å². The van der Waals surface area contributed by atoms with Crippen molar-refractivity contribution in [2.45, 2.75) is 24.7 Å². The minimum Gasteiger partial charge on any atom is -0.497 e. The minimum absolute atomic E-state index is 0.0533. The Bertz CT molecular complexity index is 1080. The Hall–Kier alpha value is -3.27.